The van der Waals surface area contributed by atoms with Crippen LogP contribution >= 0.6 is 0 Å². The molecule has 3 nitrogen and oxygen atoms in total. The van der Waals surface area contributed by atoms with Crippen LogP contribution in [0.15, 0.2) is 54.6 Å². The number of nitrogens with zero attached hydrogens (tertiary/aromatic N) is 1. The van der Waals surface area contributed by atoms with Gasteiger partial charge in [0.1, 0.15) is 6.54 Å². The first-order chi connectivity index (χ1) is 9.68. The molecule has 0 radical (unpaired) electrons. The predicted molar refractivity (Wildman–Crippen MR) is 79.7 cm³/mol. The third kappa shape index (κ3) is 1.97. The Morgan fingerprint density at radius 2 is 1.70 bits per heavy atom. The molecule has 0 saturated carbocycles. The number of benzene rings is 2. The van der Waals surface area contributed by atoms with Gasteiger partial charge in [-0.1, -0.05) is 48.5 Å². The van der Waals surface area contributed by atoms with Crippen molar-refractivity contribution >= 4 is 16.9 Å². The molecule has 1 N–H and O–H groups in total. The van der Waals surface area contributed by atoms with Crippen LogP contribution < -0.4 is 0 Å². The van der Waals surface area contributed by atoms with Crippen LogP contribution in [0, 0.1) is 6.92 Å². The molecule has 0 bridgehead atoms. The van der Waals surface area contributed by atoms with Gasteiger partial charge in [0.25, 0.3) is 0 Å². The highest BCUT2D eigenvalue weighted by atomic mass is 16.4. The van der Waals surface area contributed by atoms with Gasteiger partial charge in [-0.15, -0.1) is 0 Å². The van der Waals surface area contributed by atoms with Crippen molar-refractivity contribution in [3.8, 4) is 11.1 Å². The summed E-state index contributed by atoms with van der Waals surface area (Å²) in [5.41, 5.74) is 4.18. The highest BCUT2D eigenvalue weighted by molar-refractivity contribution is 5.98. The average molecular weight is 265 g/mol. The lowest BCUT2D eigenvalue weighted by molar-refractivity contribution is -0.137. The third-order valence-corrected chi connectivity index (χ3v) is 3.59. The molecule has 3 heteroatoms. The van der Waals surface area contributed by atoms with E-state index in [-0.39, 0.29) is 6.54 Å². The Labute approximate surface area is 117 Å². The molecule has 0 unspecified atom stereocenters. The van der Waals surface area contributed by atoms with Gasteiger partial charge in [0, 0.05) is 22.2 Å². The number of carbonyl (C=O) groups is 1. The van der Waals surface area contributed by atoms with E-state index in [0.29, 0.717) is 0 Å². The van der Waals surface area contributed by atoms with Crippen LogP contribution in [0.5, 0.6) is 0 Å². The maximum absolute atomic E-state index is 11.1. The minimum Gasteiger partial charge on any atom is -0.480 e. The standard InChI is InChI=1S/C17H15NO2/c1-12-17(13-7-3-2-4-8-13)14-9-5-6-10-15(14)18(12)11-16(19)20/h2-10H,11H2,1H3,(H,19,20). The van der Waals surface area contributed by atoms with Crippen LogP contribution in [-0.4, -0.2) is 15.6 Å². The topological polar surface area (TPSA) is 42.2 Å². The van der Waals surface area contributed by atoms with Gasteiger partial charge in [0.2, 0.25) is 0 Å². The second-order valence-corrected chi connectivity index (χ2v) is 4.82. The maximum Gasteiger partial charge on any atom is 0.323 e. The minimum atomic E-state index is -0.825. The normalized spacial score (nSPS) is 10.8. The third-order valence-electron chi connectivity index (χ3n) is 3.59. The highest BCUT2D eigenvalue weighted by Gasteiger charge is 2.16. The van der Waals surface area contributed by atoms with Crippen molar-refractivity contribution in [1.82, 2.24) is 4.57 Å². The summed E-state index contributed by atoms with van der Waals surface area (Å²) in [7, 11) is 0. The molecule has 0 saturated heterocycles. The second kappa shape index (κ2) is 4.85. The number of carboxylic acid groups (broad SMARTS) is 1. The van der Waals surface area contributed by atoms with Gasteiger partial charge < -0.3 is 9.67 Å². The van der Waals surface area contributed by atoms with E-state index in [4.69, 9.17) is 5.11 Å². The van der Waals surface area contributed by atoms with Gasteiger partial charge in [-0.05, 0) is 18.6 Å². The van der Waals surface area contributed by atoms with E-state index in [1.165, 1.54) is 0 Å². The van der Waals surface area contributed by atoms with E-state index >= 15 is 0 Å². The van der Waals surface area contributed by atoms with Crippen molar-refractivity contribution in [3.05, 3.63) is 60.3 Å². The van der Waals surface area contributed by atoms with Gasteiger partial charge in [0.05, 0.1) is 0 Å². The lowest BCUT2D eigenvalue weighted by Gasteiger charge is -2.05. The number of carboxylic acids is 1. The summed E-state index contributed by atoms with van der Waals surface area (Å²) < 4.78 is 1.86. The summed E-state index contributed by atoms with van der Waals surface area (Å²) >= 11 is 0. The SMILES string of the molecule is Cc1c(-c2ccccc2)c2ccccc2n1CC(=O)O. The molecule has 3 aromatic rings. The Kier molecular flexibility index (Phi) is 3.03. The fraction of sp³-hybridized carbons (Fsp3) is 0.118. The number of fused-ring (bicyclic) bond motifs is 1. The summed E-state index contributed by atoms with van der Waals surface area (Å²) in [6, 6.07) is 18.0. The first kappa shape index (κ1) is 12.5. The van der Waals surface area contributed by atoms with Gasteiger partial charge in [-0.3, -0.25) is 4.79 Å². The zero-order valence-electron chi connectivity index (χ0n) is 11.2. The number of aromatic nitrogens is 1. The number of hydrogen-bond donors (Lipinski definition) is 1. The molecule has 0 spiro atoms. The van der Waals surface area contributed by atoms with Crippen LogP contribution in [-0.2, 0) is 11.3 Å². The van der Waals surface area contributed by atoms with Gasteiger partial charge >= 0.3 is 5.97 Å². The maximum atomic E-state index is 11.1. The van der Waals surface area contributed by atoms with E-state index in [1.807, 2.05) is 54.0 Å². The van der Waals surface area contributed by atoms with Crippen LogP contribution in [0.4, 0.5) is 0 Å². The highest BCUT2D eigenvalue weighted by Crippen LogP contribution is 2.34. The summed E-state index contributed by atoms with van der Waals surface area (Å²) in [4.78, 5) is 11.1. The summed E-state index contributed by atoms with van der Waals surface area (Å²) in [6.45, 7) is 1.96. The Hall–Kier alpha value is -2.55. The molecule has 3 rings (SSSR count). The van der Waals surface area contributed by atoms with E-state index in [1.54, 1.807) is 0 Å². The van der Waals surface area contributed by atoms with Crippen LogP contribution in [0.25, 0.3) is 22.0 Å². The Balaban J connectivity index is 2.32. The molecular weight excluding hydrogens is 250 g/mol. The average Bonchev–Trinajstić information content (AvgIpc) is 2.72. The van der Waals surface area contributed by atoms with E-state index in [9.17, 15) is 4.79 Å². The molecule has 0 fully saturated rings. The molecule has 0 amide bonds. The Morgan fingerprint density at radius 3 is 2.40 bits per heavy atom. The van der Waals surface area contributed by atoms with Crippen LogP contribution in [0.3, 0.4) is 0 Å². The predicted octanol–water partition coefficient (Wildman–Crippen LogP) is 3.70. The van der Waals surface area contributed by atoms with Crippen molar-refractivity contribution in [1.29, 1.82) is 0 Å². The minimum absolute atomic E-state index is 0.0147. The fourth-order valence-electron chi connectivity index (χ4n) is 2.74. The van der Waals surface area contributed by atoms with Crippen molar-refractivity contribution in [2.45, 2.75) is 13.5 Å². The molecule has 20 heavy (non-hydrogen) atoms. The van der Waals surface area contributed by atoms with Crippen molar-refractivity contribution in [2.75, 3.05) is 0 Å². The van der Waals surface area contributed by atoms with Crippen LogP contribution in [0.2, 0.25) is 0 Å². The summed E-state index contributed by atoms with van der Waals surface area (Å²) in [6.07, 6.45) is 0. The molecule has 0 aliphatic carbocycles. The largest absolute Gasteiger partial charge is 0.480 e. The number of rotatable bonds is 3. The zero-order chi connectivity index (χ0) is 14.1. The summed E-state index contributed by atoms with van der Waals surface area (Å²) in [5, 5.41) is 10.2. The second-order valence-electron chi connectivity index (χ2n) is 4.82. The van der Waals surface area contributed by atoms with E-state index in [2.05, 4.69) is 12.1 Å². The Morgan fingerprint density at radius 1 is 1.05 bits per heavy atom. The van der Waals surface area contributed by atoms with E-state index < -0.39 is 5.97 Å². The zero-order valence-corrected chi connectivity index (χ0v) is 11.2. The monoisotopic (exact) mass is 265 g/mol. The molecule has 0 aliphatic rings. The molecular formula is C17H15NO2. The lowest BCUT2D eigenvalue weighted by atomic mass is 10.0. The number of para-hydroxylation sites is 1. The fourth-order valence-corrected chi connectivity index (χ4v) is 2.74. The van der Waals surface area contributed by atoms with Gasteiger partial charge in [0.15, 0.2) is 0 Å². The molecule has 1 aromatic heterocycles. The summed E-state index contributed by atoms with van der Waals surface area (Å²) in [5.74, 6) is -0.825. The van der Waals surface area contributed by atoms with Crippen molar-refractivity contribution in [3.63, 3.8) is 0 Å². The quantitative estimate of drug-likeness (QED) is 0.784. The molecule has 0 atom stereocenters. The lowest BCUT2D eigenvalue weighted by Crippen LogP contribution is -2.09. The Bertz CT molecular complexity index is 772. The van der Waals surface area contributed by atoms with Gasteiger partial charge in [-0.25, -0.2) is 0 Å². The van der Waals surface area contributed by atoms with Crippen molar-refractivity contribution in [2.24, 2.45) is 0 Å². The number of hydrogen-bond acceptors (Lipinski definition) is 1. The van der Waals surface area contributed by atoms with E-state index in [0.717, 1.165) is 27.7 Å². The first-order valence-electron chi connectivity index (χ1n) is 6.53. The van der Waals surface area contributed by atoms with Crippen molar-refractivity contribution < 1.29 is 9.90 Å². The number of aliphatic carboxylic acids is 1. The molecule has 0 aliphatic heterocycles. The van der Waals surface area contributed by atoms with Gasteiger partial charge in [-0.2, -0.15) is 0 Å². The first-order valence-corrected chi connectivity index (χ1v) is 6.53. The molecule has 1 heterocycles. The molecule has 100 valence electrons. The molecule has 2 aromatic carbocycles. The van der Waals surface area contributed by atoms with Crippen LogP contribution in [0.1, 0.15) is 5.69 Å². The smallest absolute Gasteiger partial charge is 0.323 e.